The summed E-state index contributed by atoms with van der Waals surface area (Å²) >= 11 is 11.6. The van der Waals surface area contributed by atoms with Gasteiger partial charge in [-0.25, -0.2) is 4.98 Å². The number of carbonyl (C=O) groups excluding carboxylic acids is 1. The Hall–Kier alpha value is -1.65. The van der Waals surface area contributed by atoms with Crippen LogP contribution in [-0.2, 0) is 6.54 Å². The molecule has 2 rings (SSSR count). The number of aryl methyl sites for hydroxylation is 1. The van der Waals surface area contributed by atoms with E-state index in [2.05, 4.69) is 9.97 Å². The molecule has 0 aromatic carbocycles. The van der Waals surface area contributed by atoms with Crippen LogP contribution in [0, 0.1) is 6.92 Å². The molecule has 0 fully saturated rings. The molecule has 0 aliphatic carbocycles. The summed E-state index contributed by atoms with van der Waals surface area (Å²) in [5.41, 5.74) is 2.15. The minimum atomic E-state index is -0.181. The van der Waals surface area contributed by atoms with E-state index >= 15 is 0 Å². The second-order valence-electron chi connectivity index (χ2n) is 4.43. The maximum Gasteiger partial charge on any atom is 0.254 e. The van der Waals surface area contributed by atoms with Crippen LogP contribution in [0.3, 0.4) is 0 Å². The van der Waals surface area contributed by atoms with Gasteiger partial charge in [0, 0.05) is 18.3 Å². The molecule has 1 amide bonds. The number of hydrogen-bond donors (Lipinski definition) is 0. The summed E-state index contributed by atoms with van der Waals surface area (Å²) in [6.07, 6.45) is 0. The Balaban J connectivity index is 2.16. The predicted molar refractivity (Wildman–Crippen MR) is 79.0 cm³/mol. The molecule has 0 atom stereocenters. The van der Waals surface area contributed by atoms with E-state index in [1.165, 1.54) is 12.1 Å². The fraction of sp³-hybridized carbons (Fsp3) is 0.214. The number of carbonyl (C=O) groups is 1. The van der Waals surface area contributed by atoms with E-state index in [0.717, 1.165) is 11.4 Å². The number of aromatic nitrogens is 2. The van der Waals surface area contributed by atoms with Gasteiger partial charge in [-0.3, -0.25) is 9.78 Å². The van der Waals surface area contributed by atoms with E-state index in [4.69, 9.17) is 23.2 Å². The lowest BCUT2D eigenvalue weighted by molar-refractivity contribution is 0.0783. The Morgan fingerprint density at radius 1 is 1.20 bits per heavy atom. The first-order chi connectivity index (χ1) is 9.45. The first-order valence-corrected chi connectivity index (χ1v) is 6.72. The van der Waals surface area contributed by atoms with Crippen LogP contribution in [-0.4, -0.2) is 27.8 Å². The number of rotatable bonds is 3. The molecule has 0 bridgehead atoms. The average molecular weight is 310 g/mol. The van der Waals surface area contributed by atoms with Crippen molar-refractivity contribution in [2.45, 2.75) is 13.5 Å². The van der Waals surface area contributed by atoms with E-state index in [1.807, 2.05) is 25.1 Å². The van der Waals surface area contributed by atoms with Crippen LogP contribution in [0.25, 0.3) is 0 Å². The average Bonchev–Trinajstić information content (AvgIpc) is 2.36. The van der Waals surface area contributed by atoms with Crippen molar-refractivity contribution in [2.75, 3.05) is 7.05 Å². The van der Waals surface area contributed by atoms with Crippen LogP contribution in [0.2, 0.25) is 10.3 Å². The van der Waals surface area contributed by atoms with Crippen molar-refractivity contribution in [3.8, 4) is 0 Å². The molecule has 0 aliphatic heterocycles. The molecule has 2 aromatic heterocycles. The van der Waals surface area contributed by atoms with Gasteiger partial charge in [0.15, 0.2) is 0 Å². The van der Waals surface area contributed by atoms with Crippen molar-refractivity contribution in [3.63, 3.8) is 0 Å². The molecule has 2 heterocycles. The Morgan fingerprint density at radius 3 is 2.45 bits per heavy atom. The third-order valence-electron chi connectivity index (χ3n) is 2.70. The quantitative estimate of drug-likeness (QED) is 0.817. The summed E-state index contributed by atoms with van der Waals surface area (Å²) in [5, 5.41) is 0.394. The van der Waals surface area contributed by atoms with Crippen molar-refractivity contribution in [1.29, 1.82) is 0 Å². The van der Waals surface area contributed by atoms with Crippen molar-refractivity contribution in [3.05, 3.63) is 57.6 Å². The molecular weight excluding hydrogens is 297 g/mol. The Morgan fingerprint density at radius 2 is 1.85 bits per heavy atom. The topological polar surface area (TPSA) is 46.1 Å². The molecule has 2 aromatic rings. The lowest BCUT2D eigenvalue weighted by Gasteiger charge is -2.17. The highest BCUT2D eigenvalue weighted by Crippen LogP contribution is 2.16. The maximum absolute atomic E-state index is 12.3. The van der Waals surface area contributed by atoms with Crippen LogP contribution in [0.5, 0.6) is 0 Å². The summed E-state index contributed by atoms with van der Waals surface area (Å²) in [5.74, 6) is -0.181. The Labute approximate surface area is 127 Å². The van der Waals surface area contributed by atoms with E-state index < -0.39 is 0 Å². The molecule has 20 heavy (non-hydrogen) atoms. The number of pyridine rings is 2. The largest absolute Gasteiger partial charge is 0.336 e. The standard InChI is InChI=1S/C14H13Cl2N3O/c1-9-4-3-5-11(17-9)8-19(2)14(20)10-6-12(15)18-13(16)7-10/h3-7H,8H2,1-2H3. The van der Waals surface area contributed by atoms with Gasteiger partial charge in [0.2, 0.25) is 0 Å². The fourth-order valence-electron chi connectivity index (χ4n) is 1.81. The van der Waals surface area contributed by atoms with Crippen LogP contribution < -0.4 is 0 Å². The van der Waals surface area contributed by atoms with Crippen LogP contribution in [0.15, 0.2) is 30.3 Å². The van der Waals surface area contributed by atoms with Gasteiger partial charge < -0.3 is 4.90 Å². The lowest BCUT2D eigenvalue weighted by Crippen LogP contribution is -2.26. The summed E-state index contributed by atoms with van der Waals surface area (Å²) in [7, 11) is 1.70. The van der Waals surface area contributed by atoms with Gasteiger partial charge in [-0.15, -0.1) is 0 Å². The lowest BCUT2D eigenvalue weighted by atomic mass is 10.2. The molecule has 4 nitrogen and oxygen atoms in total. The second-order valence-corrected chi connectivity index (χ2v) is 5.21. The molecule has 104 valence electrons. The highest BCUT2D eigenvalue weighted by atomic mass is 35.5. The first kappa shape index (κ1) is 14.8. The zero-order chi connectivity index (χ0) is 14.7. The maximum atomic E-state index is 12.3. The molecule has 6 heteroatoms. The highest BCUT2D eigenvalue weighted by molar-refractivity contribution is 6.33. The van der Waals surface area contributed by atoms with E-state index in [0.29, 0.717) is 12.1 Å². The van der Waals surface area contributed by atoms with Gasteiger partial charge in [0.1, 0.15) is 10.3 Å². The zero-order valence-electron chi connectivity index (χ0n) is 11.1. The van der Waals surface area contributed by atoms with Gasteiger partial charge in [-0.2, -0.15) is 0 Å². The molecule has 0 N–H and O–H groups in total. The minimum absolute atomic E-state index is 0.181. The second kappa shape index (κ2) is 6.20. The molecule has 0 radical (unpaired) electrons. The van der Waals surface area contributed by atoms with Gasteiger partial charge in [-0.05, 0) is 31.2 Å². The van der Waals surface area contributed by atoms with Crippen molar-refractivity contribution >= 4 is 29.1 Å². The van der Waals surface area contributed by atoms with E-state index in [-0.39, 0.29) is 16.2 Å². The molecule has 0 aliphatic rings. The minimum Gasteiger partial charge on any atom is -0.336 e. The number of hydrogen-bond acceptors (Lipinski definition) is 3. The monoisotopic (exact) mass is 309 g/mol. The van der Waals surface area contributed by atoms with Gasteiger partial charge in [-0.1, -0.05) is 29.3 Å². The summed E-state index contributed by atoms with van der Waals surface area (Å²) in [6, 6.07) is 8.69. The smallest absolute Gasteiger partial charge is 0.254 e. The SMILES string of the molecule is Cc1cccc(CN(C)C(=O)c2cc(Cl)nc(Cl)c2)n1. The number of amides is 1. The first-order valence-electron chi connectivity index (χ1n) is 5.97. The molecular formula is C14H13Cl2N3O. The van der Waals surface area contributed by atoms with Gasteiger partial charge in [0.05, 0.1) is 12.2 Å². The Bertz CT molecular complexity index is 626. The predicted octanol–water partition coefficient (Wildman–Crippen LogP) is 3.36. The number of halogens is 2. The third kappa shape index (κ3) is 3.68. The molecule has 0 saturated carbocycles. The van der Waals surface area contributed by atoms with Gasteiger partial charge in [0.25, 0.3) is 5.91 Å². The summed E-state index contributed by atoms with van der Waals surface area (Å²) < 4.78 is 0. The number of nitrogens with zero attached hydrogens (tertiary/aromatic N) is 3. The highest BCUT2D eigenvalue weighted by Gasteiger charge is 2.14. The van der Waals surface area contributed by atoms with Crippen molar-refractivity contribution in [1.82, 2.24) is 14.9 Å². The van der Waals surface area contributed by atoms with E-state index in [1.54, 1.807) is 11.9 Å². The Kier molecular flexibility index (Phi) is 4.57. The van der Waals surface area contributed by atoms with Crippen LogP contribution >= 0.6 is 23.2 Å². The molecule has 0 unspecified atom stereocenters. The summed E-state index contributed by atoms with van der Waals surface area (Å²) in [6.45, 7) is 2.33. The summed E-state index contributed by atoms with van der Waals surface area (Å²) in [4.78, 5) is 22.0. The zero-order valence-corrected chi connectivity index (χ0v) is 12.6. The normalized spacial score (nSPS) is 10.4. The third-order valence-corrected chi connectivity index (χ3v) is 3.09. The van der Waals surface area contributed by atoms with Crippen molar-refractivity contribution < 1.29 is 4.79 Å². The van der Waals surface area contributed by atoms with Crippen molar-refractivity contribution in [2.24, 2.45) is 0 Å². The van der Waals surface area contributed by atoms with Gasteiger partial charge >= 0.3 is 0 Å². The molecule has 0 saturated heterocycles. The van der Waals surface area contributed by atoms with Crippen LogP contribution in [0.1, 0.15) is 21.7 Å². The fourth-order valence-corrected chi connectivity index (χ4v) is 2.27. The molecule has 0 spiro atoms. The van der Waals surface area contributed by atoms with E-state index in [9.17, 15) is 4.79 Å². The van der Waals surface area contributed by atoms with Crippen LogP contribution in [0.4, 0.5) is 0 Å².